The second-order valence-corrected chi connectivity index (χ2v) is 4.62. The van der Waals surface area contributed by atoms with E-state index >= 15 is 0 Å². The lowest BCUT2D eigenvalue weighted by Crippen LogP contribution is -2.27. The van der Waals surface area contributed by atoms with Crippen molar-refractivity contribution in [3.05, 3.63) is 23.2 Å². The molecule has 88 valence electrons. The van der Waals surface area contributed by atoms with Crippen LogP contribution in [-0.4, -0.2) is 24.9 Å². The molecule has 1 aromatic rings. The summed E-state index contributed by atoms with van der Waals surface area (Å²) in [4.78, 5) is 0. The fraction of sp³-hybridized carbons (Fsp3) is 0.500. The largest absolute Gasteiger partial charge is 0.506 e. The van der Waals surface area contributed by atoms with Crippen molar-refractivity contribution in [2.75, 3.05) is 19.0 Å². The summed E-state index contributed by atoms with van der Waals surface area (Å²) in [5.41, 5.74) is 0.928. The molecule has 2 rings (SSSR count). The zero-order valence-electron chi connectivity index (χ0n) is 9.24. The number of benzene rings is 1. The van der Waals surface area contributed by atoms with Gasteiger partial charge in [-0.1, -0.05) is 11.6 Å². The van der Waals surface area contributed by atoms with Gasteiger partial charge in [-0.25, -0.2) is 0 Å². The highest BCUT2D eigenvalue weighted by Crippen LogP contribution is 2.35. The molecule has 0 heterocycles. The summed E-state index contributed by atoms with van der Waals surface area (Å²) in [5, 5.41) is 13.1. The van der Waals surface area contributed by atoms with Crippen LogP contribution >= 0.6 is 11.6 Å². The van der Waals surface area contributed by atoms with E-state index in [2.05, 4.69) is 5.32 Å². The maximum atomic E-state index is 9.32. The number of ether oxygens (including phenoxy) is 1. The van der Waals surface area contributed by atoms with Gasteiger partial charge in [-0.05, 0) is 37.0 Å². The van der Waals surface area contributed by atoms with Gasteiger partial charge in [0.15, 0.2) is 0 Å². The molecule has 0 saturated heterocycles. The van der Waals surface area contributed by atoms with Crippen LogP contribution in [0.3, 0.4) is 0 Å². The average Bonchev–Trinajstić information content (AvgIpc) is 3.06. The molecule has 0 spiro atoms. The van der Waals surface area contributed by atoms with Crippen molar-refractivity contribution in [1.29, 1.82) is 0 Å². The van der Waals surface area contributed by atoms with Gasteiger partial charge in [0.1, 0.15) is 5.75 Å². The maximum Gasteiger partial charge on any atom is 0.134 e. The van der Waals surface area contributed by atoms with Gasteiger partial charge in [0, 0.05) is 12.8 Å². The second kappa shape index (κ2) is 4.93. The number of nitrogens with one attached hydrogen (secondary N) is 1. The van der Waals surface area contributed by atoms with Gasteiger partial charge in [-0.2, -0.15) is 0 Å². The number of anilines is 1. The maximum absolute atomic E-state index is 9.32. The zero-order chi connectivity index (χ0) is 11.5. The first-order valence-electron chi connectivity index (χ1n) is 5.44. The van der Waals surface area contributed by atoms with E-state index in [9.17, 15) is 5.11 Å². The van der Waals surface area contributed by atoms with E-state index in [-0.39, 0.29) is 5.75 Å². The Morgan fingerprint density at radius 2 is 2.31 bits per heavy atom. The van der Waals surface area contributed by atoms with Crippen molar-refractivity contribution in [3.8, 4) is 5.75 Å². The Balaban J connectivity index is 2.03. The lowest BCUT2D eigenvalue weighted by molar-refractivity contribution is 0.179. The first kappa shape index (κ1) is 11.6. The molecule has 0 aliphatic heterocycles. The highest BCUT2D eigenvalue weighted by molar-refractivity contribution is 6.32. The minimum atomic E-state index is 0.113. The van der Waals surface area contributed by atoms with Gasteiger partial charge in [-0.15, -0.1) is 0 Å². The van der Waals surface area contributed by atoms with Crippen LogP contribution in [0.25, 0.3) is 0 Å². The Morgan fingerprint density at radius 1 is 1.56 bits per heavy atom. The van der Waals surface area contributed by atoms with Crippen molar-refractivity contribution >= 4 is 17.3 Å². The number of phenolic OH excluding ortho intramolecular Hbond substituents is 1. The smallest absolute Gasteiger partial charge is 0.134 e. The molecule has 4 heteroatoms. The van der Waals surface area contributed by atoms with Gasteiger partial charge in [0.2, 0.25) is 0 Å². The number of halogens is 1. The van der Waals surface area contributed by atoms with Gasteiger partial charge < -0.3 is 15.2 Å². The van der Waals surface area contributed by atoms with Crippen LogP contribution in [0, 0.1) is 5.92 Å². The normalized spacial score (nSPS) is 17.1. The predicted molar refractivity (Wildman–Crippen MR) is 65.1 cm³/mol. The van der Waals surface area contributed by atoms with Crippen molar-refractivity contribution in [2.45, 2.75) is 18.9 Å². The average molecular weight is 242 g/mol. The molecule has 1 fully saturated rings. The van der Waals surface area contributed by atoms with Crippen molar-refractivity contribution in [3.63, 3.8) is 0 Å². The third kappa shape index (κ3) is 2.80. The van der Waals surface area contributed by atoms with Gasteiger partial charge in [0.05, 0.1) is 17.7 Å². The van der Waals surface area contributed by atoms with E-state index < -0.39 is 0 Å². The number of phenols is 1. The molecule has 0 radical (unpaired) electrons. The van der Waals surface area contributed by atoms with E-state index in [4.69, 9.17) is 16.3 Å². The number of hydrogen-bond acceptors (Lipinski definition) is 3. The van der Waals surface area contributed by atoms with Crippen LogP contribution in [0.1, 0.15) is 12.8 Å². The highest BCUT2D eigenvalue weighted by atomic mass is 35.5. The van der Waals surface area contributed by atoms with Crippen LogP contribution in [0.15, 0.2) is 18.2 Å². The zero-order valence-corrected chi connectivity index (χ0v) is 10.00. The molecule has 16 heavy (non-hydrogen) atoms. The van der Waals surface area contributed by atoms with Crippen molar-refractivity contribution in [2.24, 2.45) is 5.92 Å². The van der Waals surface area contributed by atoms with Crippen LogP contribution in [0.2, 0.25) is 5.02 Å². The van der Waals surface area contributed by atoms with Crippen molar-refractivity contribution < 1.29 is 9.84 Å². The molecule has 1 saturated carbocycles. The molecule has 1 atom stereocenters. The van der Waals surface area contributed by atoms with E-state index in [0.717, 1.165) is 5.69 Å². The number of rotatable bonds is 5. The fourth-order valence-corrected chi connectivity index (χ4v) is 1.97. The molecule has 2 N–H and O–H groups in total. The van der Waals surface area contributed by atoms with Gasteiger partial charge in [0.25, 0.3) is 0 Å². The number of methoxy groups -OCH3 is 1. The van der Waals surface area contributed by atoms with E-state index in [1.165, 1.54) is 12.8 Å². The fourth-order valence-electron chi connectivity index (χ4n) is 1.78. The lowest BCUT2D eigenvalue weighted by atomic mass is 10.2. The van der Waals surface area contributed by atoms with E-state index in [1.54, 1.807) is 19.2 Å². The summed E-state index contributed by atoms with van der Waals surface area (Å²) in [6, 6.07) is 5.50. The molecule has 3 nitrogen and oxygen atoms in total. The van der Waals surface area contributed by atoms with Gasteiger partial charge in [-0.3, -0.25) is 0 Å². The summed E-state index contributed by atoms with van der Waals surface area (Å²) < 4.78 is 5.19. The standard InChI is InChI=1S/C12H16ClNO2/c1-16-7-11(8-2-3-8)14-9-4-5-12(15)10(13)6-9/h4-6,8,11,14-15H,2-3,7H2,1H3. The van der Waals surface area contributed by atoms with Gasteiger partial charge >= 0.3 is 0 Å². The SMILES string of the molecule is COCC(Nc1ccc(O)c(Cl)c1)C1CC1. The first-order chi connectivity index (χ1) is 7.70. The summed E-state index contributed by atoms with van der Waals surface area (Å²) in [5.74, 6) is 0.814. The molecule has 0 bridgehead atoms. The molecule has 1 aliphatic carbocycles. The molecule has 1 unspecified atom stereocenters. The molecule has 0 amide bonds. The van der Waals surface area contributed by atoms with E-state index in [1.807, 2.05) is 6.07 Å². The lowest BCUT2D eigenvalue weighted by Gasteiger charge is -2.18. The summed E-state index contributed by atoms with van der Waals surface area (Å²) >= 11 is 5.85. The topological polar surface area (TPSA) is 41.5 Å². The Labute approximate surface area is 100 Å². The van der Waals surface area contributed by atoms with Crippen molar-refractivity contribution in [1.82, 2.24) is 0 Å². The van der Waals surface area contributed by atoms with Crippen LogP contribution in [0.5, 0.6) is 5.75 Å². The quantitative estimate of drug-likeness (QED) is 0.779. The molecule has 0 aromatic heterocycles. The second-order valence-electron chi connectivity index (χ2n) is 4.21. The highest BCUT2D eigenvalue weighted by Gasteiger charge is 2.31. The number of hydrogen-bond donors (Lipinski definition) is 2. The number of aromatic hydroxyl groups is 1. The summed E-state index contributed by atoms with van der Waals surface area (Å²) in [6.45, 7) is 0.698. The molecule has 1 aliphatic rings. The monoisotopic (exact) mass is 241 g/mol. The Hall–Kier alpha value is -0.930. The van der Waals surface area contributed by atoms with E-state index in [0.29, 0.717) is 23.6 Å². The first-order valence-corrected chi connectivity index (χ1v) is 5.82. The summed E-state index contributed by atoms with van der Waals surface area (Å²) in [6.07, 6.45) is 2.51. The predicted octanol–water partition coefficient (Wildman–Crippen LogP) is 2.88. The molecule has 1 aromatic carbocycles. The Kier molecular flexibility index (Phi) is 3.56. The summed E-state index contributed by atoms with van der Waals surface area (Å²) in [7, 11) is 1.71. The third-order valence-electron chi connectivity index (χ3n) is 2.84. The van der Waals surface area contributed by atoms with Crippen LogP contribution in [0.4, 0.5) is 5.69 Å². The minimum absolute atomic E-state index is 0.113. The Bertz CT molecular complexity index is 366. The minimum Gasteiger partial charge on any atom is -0.506 e. The van der Waals surface area contributed by atoms with Crippen LogP contribution in [-0.2, 0) is 4.74 Å². The molecular weight excluding hydrogens is 226 g/mol. The third-order valence-corrected chi connectivity index (χ3v) is 3.14. The molecular formula is C12H16ClNO2. The van der Waals surface area contributed by atoms with Crippen LogP contribution < -0.4 is 5.32 Å². The Morgan fingerprint density at radius 3 is 2.88 bits per heavy atom.